The molecule has 2 N–H and O–H groups in total. The number of amides is 3. The molecular weight excluding hydrogens is 498 g/mol. The molecule has 206 valence electrons. The summed E-state index contributed by atoms with van der Waals surface area (Å²) >= 11 is 1.56. The van der Waals surface area contributed by atoms with Crippen LogP contribution in [0, 0.1) is 23.2 Å². The number of nitriles is 1. The van der Waals surface area contributed by atoms with Crippen LogP contribution in [0.15, 0.2) is 47.8 Å². The average molecular weight is 540 g/mol. The predicted octanol–water partition coefficient (Wildman–Crippen LogP) is 6.01. The zero-order chi connectivity index (χ0) is 28.7. The Kier molecular flexibility index (Phi) is 14.5. The number of aromatic nitrogens is 1. The van der Waals surface area contributed by atoms with Gasteiger partial charge in [0.2, 0.25) is 12.3 Å². The highest BCUT2D eigenvalue weighted by atomic mass is 32.1. The van der Waals surface area contributed by atoms with Crippen molar-refractivity contribution in [3.05, 3.63) is 53.5 Å². The van der Waals surface area contributed by atoms with Crippen molar-refractivity contribution in [1.29, 1.82) is 5.26 Å². The van der Waals surface area contributed by atoms with E-state index >= 15 is 0 Å². The van der Waals surface area contributed by atoms with Crippen LogP contribution in [0.4, 0.5) is 5.69 Å². The van der Waals surface area contributed by atoms with Gasteiger partial charge in [-0.15, -0.1) is 11.3 Å². The van der Waals surface area contributed by atoms with Gasteiger partial charge in [-0.2, -0.15) is 5.26 Å². The molecule has 0 bridgehead atoms. The first-order valence-corrected chi connectivity index (χ1v) is 13.8. The number of aromatic amines is 1. The number of thiophene rings is 1. The van der Waals surface area contributed by atoms with Crippen molar-refractivity contribution in [1.82, 2.24) is 14.8 Å². The third-order valence-corrected chi connectivity index (χ3v) is 6.03. The number of nitrogens with one attached hydrogen (secondary N) is 2. The number of nitrogens with zero attached hydrogens (tertiary/aromatic N) is 3. The van der Waals surface area contributed by atoms with Crippen LogP contribution in [-0.2, 0) is 9.59 Å². The van der Waals surface area contributed by atoms with Crippen LogP contribution in [0.1, 0.15) is 58.5 Å². The molecule has 0 saturated carbocycles. The summed E-state index contributed by atoms with van der Waals surface area (Å²) in [6, 6.07) is 14.8. The van der Waals surface area contributed by atoms with Crippen molar-refractivity contribution in [3.8, 4) is 6.07 Å². The van der Waals surface area contributed by atoms with Crippen LogP contribution >= 0.6 is 11.3 Å². The SMILES string of the molecule is CC.CC(C)C.CC1CC(C#N)N(C(=O)CN(C)C(=O)c2cc3sccc3[nH]2)C1.O=CNc1ccccc1. The van der Waals surface area contributed by atoms with Crippen molar-refractivity contribution in [3.63, 3.8) is 0 Å². The molecule has 2 unspecified atom stereocenters. The van der Waals surface area contributed by atoms with Gasteiger partial charge in [0.05, 0.1) is 22.8 Å². The highest BCUT2D eigenvalue weighted by Crippen LogP contribution is 2.24. The molecule has 1 fully saturated rings. The molecule has 9 heteroatoms. The Balaban J connectivity index is 0.000000398. The zero-order valence-electron chi connectivity index (χ0n) is 23.5. The molecule has 38 heavy (non-hydrogen) atoms. The summed E-state index contributed by atoms with van der Waals surface area (Å²) in [5.41, 5.74) is 2.23. The van der Waals surface area contributed by atoms with Crippen molar-refractivity contribution in [2.75, 3.05) is 25.5 Å². The summed E-state index contributed by atoms with van der Waals surface area (Å²) < 4.78 is 1.02. The minimum atomic E-state index is -0.378. The number of hydrogen-bond donors (Lipinski definition) is 2. The number of likely N-dealkylation sites (tertiary alicyclic amines) is 1. The van der Waals surface area contributed by atoms with Crippen LogP contribution in [-0.4, -0.2) is 59.2 Å². The molecule has 1 aliphatic rings. The largest absolute Gasteiger partial charge is 0.350 e. The van der Waals surface area contributed by atoms with Gasteiger partial charge < -0.3 is 20.1 Å². The van der Waals surface area contributed by atoms with Gasteiger partial charge in [0.15, 0.2) is 0 Å². The summed E-state index contributed by atoms with van der Waals surface area (Å²) in [7, 11) is 1.61. The van der Waals surface area contributed by atoms with Gasteiger partial charge in [-0.3, -0.25) is 14.4 Å². The van der Waals surface area contributed by atoms with Crippen LogP contribution in [0.2, 0.25) is 0 Å². The highest BCUT2D eigenvalue weighted by molar-refractivity contribution is 7.17. The number of carbonyl (C=O) groups excluding carboxylic acids is 3. The van der Waals surface area contributed by atoms with E-state index in [1.54, 1.807) is 29.4 Å². The molecule has 0 radical (unpaired) electrons. The summed E-state index contributed by atoms with van der Waals surface area (Å²) in [6.07, 6.45) is 1.36. The van der Waals surface area contributed by atoms with E-state index < -0.39 is 0 Å². The number of H-pyrrole nitrogens is 1. The summed E-state index contributed by atoms with van der Waals surface area (Å²) in [5, 5.41) is 13.6. The molecule has 1 aliphatic heterocycles. The number of para-hydroxylation sites is 1. The lowest BCUT2D eigenvalue weighted by atomic mass is 10.1. The van der Waals surface area contributed by atoms with E-state index in [9.17, 15) is 14.4 Å². The number of carbonyl (C=O) groups is 3. The summed E-state index contributed by atoms with van der Waals surface area (Å²) in [6.45, 7) is 13.1. The predicted molar refractivity (Wildman–Crippen MR) is 156 cm³/mol. The van der Waals surface area contributed by atoms with Gasteiger partial charge in [0, 0.05) is 19.3 Å². The second-order valence-corrected chi connectivity index (χ2v) is 10.4. The van der Waals surface area contributed by atoms with E-state index in [0.29, 0.717) is 31.0 Å². The maximum atomic E-state index is 12.4. The van der Waals surface area contributed by atoms with E-state index in [0.717, 1.165) is 21.8 Å². The van der Waals surface area contributed by atoms with Gasteiger partial charge in [-0.1, -0.05) is 59.7 Å². The topological polar surface area (TPSA) is 109 Å². The Morgan fingerprint density at radius 3 is 2.42 bits per heavy atom. The van der Waals surface area contributed by atoms with Gasteiger partial charge >= 0.3 is 0 Å². The smallest absolute Gasteiger partial charge is 0.270 e. The van der Waals surface area contributed by atoms with Crippen LogP contribution in [0.25, 0.3) is 10.2 Å². The molecule has 3 heterocycles. The number of hydrogen-bond acceptors (Lipinski definition) is 5. The second-order valence-electron chi connectivity index (χ2n) is 9.43. The minimum Gasteiger partial charge on any atom is -0.350 e. The molecule has 2 atom stereocenters. The van der Waals surface area contributed by atoms with Crippen molar-refractivity contribution in [2.45, 2.75) is 54.0 Å². The molecule has 1 saturated heterocycles. The van der Waals surface area contributed by atoms with Crippen molar-refractivity contribution < 1.29 is 14.4 Å². The Labute approximate surface area is 230 Å². The van der Waals surface area contributed by atoms with Gasteiger partial charge in [0.1, 0.15) is 11.7 Å². The molecule has 3 aromatic rings. The first kappa shape index (κ1) is 32.4. The van der Waals surface area contributed by atoms with E-state index in [1.165, 1.54) is 4.90 Å². The Bertz CT molecular complexity index is 1130. The molecule has 0 spiro atoms. The third-order valence-electron chi connectivity index (χ3n) is 5.17. The van der Waals surface area contributed by atoms with Gasteiger partial charge in [0.25, 0.3) is 5.91 Å². The van der Waals surface area contributed by atoms with Crippen LogP contribution < -0.4 is 5.32 Å². The molecule has 3 amide bonds. The fourth-order valence-corrected chi connectivity index (χ4v) is 4.36. The van der Waals surface area contributed by atoms with Crippen molar-refractivity contribution >= 4 is 45.5 Å². The van der Waals surface area contributed by atoms with Crippen molar-refractivity contribution in [2.24, 2.45) is 11.8 Å². The first-order valence-electron chi connectivity index (χ1n) is 12.9. The summed E-state index contributed by atoms with van der Waals surface area (Å²) in [5.74, 6) is 0.757. The Morgan fingerprint density at radius 1 is 1.24 bits per heavy atom. The highest BCUT2D eigenvalue weighted by Gasteiger charge is 2.33. The quantitative estimate of drug-likeness (QED) is 0.387. The molecule has 2 aromatic heterocycles. The number of rotatable bonds is 5. The monoisotopic (exact) mass is 539 g/mol. The Hall–Kier alpha value is -3.64. The molecule has 4 rings (SSSR count). The lowest BCUT2D eigenvalue weighted by Gasteiger charge is -2.23. The van der Waals surface area contributed by atoms with E-state index in [-0.39, 0.29) is 24.4 Å². The molecular formula is C29H41N5O3S. The van der Waals surface area contributed by atoms with Gasteiger partial charge in [-0.25, -0.2) is 0 Å². The third kappa shape index (κ3) is 10.4. The maximum absolute atomic E-state index is 12.4. The minimum absolute atomic E-state index is 0.0175. The number of anilines is 1. The normalized spacial score (nSPS) is 15.6. The number of fused-ring (bicyclic) bond motifs is 1. The number of likely N-dealkylation sites (N-methyl/N-ethyl adjacent to an activating group) is 1. The Morgan fingerprint density at radius 2 is 1.87 bits per heavy atom. The molecule has 0 aliphatic carbocycles. The summed E-state index contributed by atoms with van der Waals surface area (Å²) in [4.78, 5) is 40.8. The first-order chi connectivity index (χ1) is 18.2. The van der Waals surface area contributed by atoms with Crippen LogP contribution in [0.3, 0.4) is 0 Å². The van der Waals surface area contributed by atoms with Crippen LogP contribution in [0.5, 0.6) is 0 Å². The molecule has 1 aromatic carbocycles. The molecule has 8 nitrogen and oxygen atoms in total. The second kappa shape index (κ2) is 17.0. The fraction of sp³-hybridized carbons (Fsp3) is 0.448. The fourth-order valence-electron chi connectivity index (χ4n) is 3.58. The standard InChI is InChI=1S/C16H18N4O2S.C7H7NO.C4H10.C2H6/c1-10-5-11(7-17)20(8-10)15(21)9-19(2)16(22)13-6-14-12(18-13)3-4-23-14;9-6-8-7-4-2-1-3-5-7;1-4(2)3;1-2/h3-4,6,10-11,18H,5,8-9H2,1-2H3;1-6H,(H,8,9);4H,1-3H3;1-2H3. The van der Waals surface area contributed by atoms with E-state index in [2.05, 4.69) is 37.1 Å². The average Bonchev–Trinajstić information content (AvgIpc) is 3.60. The van der Waals surface area contributed by atoms with Gasteiger partial charge in [-0.05, 0) is 47.9 Å². The maximum Gasteiger partial charge on any atom is 0.270 e. The lowest BCUT2D eigenvalue weighted by molar-refractivity contribution is -0.131. The zero-order valence-corrected chi connectivity index (χ0v) is 24.3. The lowest BCUT2D eigenvalue weighted by Crippen LogP contribution is -2.43. The van der Waals surface area contributed by atoms with E-state index in [4.69, 9.17) is 5.26 Å². The number of benzene rings is 1. The van der Waals surface area contributed by atoms with E-state index in [1.807, 2.05) is 62.5 Å².